The molecule has 0 spiro atoms. The molecule has 1 aliphatic carbocycles. The van der Waals surface area contributed by atoms with Crippen molar-refractivity contribution in [3.8, 4) is 5.75 Å². The first-order valence-corrected chi connectivity index (χ1v) is 8.20. The Morgan fingerprint density at radius 3 is 2.22 bits per heavy atom. The van der Waals surface area contributed by atoms with Crippen LogP contribution in [0.15, 0.2) is 24.3 Å². The molecular weight excluding hydrogens is 294 g/mol. The van der Waals surface area contributed by atoms with Crippen molar-refractivity contribution in [2.75, 3.05) is 13.7 Å². The fraction of sp³-hybridized carbons (Fsp3) is 0.556. The van der Waals surface area contributed by atoms with Gasteiger partial charge in [-0.1, -0.05) is 12.1 Å². The number of carboxylic acids is 1. The molecule has 1 amide bonds. The van der Waals surface area contributed by atoms with E-state index in [1.807, 2.05) is 38.2 Å². The van der Waals surface area contributed by atoms with Crippen molar-refractivity contribution in [1.29, 1.82) is 0 Å². The number of nitrogens with zero attached hydrogens (tertiary/aromatic N) is 1. The molecule has 126 valence electrons. The predicted molar refractivity (Wildman–Crippen MR) is 87.2 cm³/mol. The number of aliphatic carboxylic acids is 1. The van der Waals surface area contributed by atoms with Crippen LogP contribution in [0, 0.1) is 11.8 Å². The quantitative estimate of drug-likeness (QED) is 0.875. The Labute approximate surface area is 137 Å². The fourth-order valence-electron chi connectivity index (χ4n) is 3.11. The number of hydrogen-bond acceptors (Lipinski definition) is 3. The van der Waals surface area contributed by atoms with Crippen LogP contribution in [0.25, 0.3) is 0 Å². The molecule has 1 N–H and O–H groups in total. The number of ether oxygens (including phenoxy) is 1. The number of hydrogen-bond donors (Lipinski definition) is 1. The van der Waals surface area contributed by atoms with E-state index < -0.39 is 5.97 Å². The standard InChI is InChI=1S/C18H25NO4/c1-3-23-16-10-4-13(5-11-16)12-19(2)17(20)14-6-8-15(9-7-14)18(21)22/h4-5,10-11,14-15H,3,6-9,12H2,1-2H3,(H,21,22). The summed E-state index contributed by atoms with van der Waals surface area (Å²) in [4.78, 5) is 25.2. The van der Waals surface area contributed by atoms with Crippen LogP contribution in [0.1, 0.15) is 38.2 Å². The van der Waals surface area contributed by atoms with Gasteiger partial charge in [0.05, 0.1) is 12.5 Å². The first-order valence-electron chi connectivity index (χ1n) is 8.20. The molecule has 0 radical (unpaired) electrons. The first-order chi connectivity index (χ1) is 11.0. The van der Waals surface area contributed by atoms with Crippen molar-refractivity contribution in [2.45, 2.75) is 39.2 Å². The highest BCUT2D eigenvalue weighted by atomic mass is 16.5. The average molecular weight is 319 g/mol. The Balaban J connectivity index is 1.86. The summed E-state index contributed by atoms with van der Waals surface area (Å²) in [6, 6.07) is 7.76. The van der Waals surface area contributed by atoms with Crippen LogP contribution in [0.5, 0.6) is 5.75 Å². The molecule has 1 aliphatic rings. The summed E-state index contributed by atoms with van der Waals surface area (Å²) in [6.45, 7) is 3.14. The minimum atomic E-state index is -0.737. The Morgan fingerprint density at radius 2 is 1.70 bits per heavy atom. The molecule has 1 aromatic rings. The Morgan fingerprint density at radius 1 is 1.13 bits per heavy atom. The molecule has 0 aromatic heterocycles. The van der Waals surface area contributed by atoms with Crippen molar-refractivity contribution < 1.29 is 19.4 Å². The average Bonchev–Trinajstić information content (AvgIpc) is 2.56. The molecule has 0 saturated heterocycles. The summed E-state index contributed by atoms with van der Waals surface area (Å²) in [5.74, 6) is -0.118. The topological polar surface area (TPSA) is 66.8 Å². The van der Waals surface area contributed by atoms with Crippen LogP contribution >= 0.6 is 0 Å². The smallest absolute Gasteiger partial charge is 0.306 e. The molecule has 23 heavy (non-hydrogen) atoms. The van der Waals surface area contributed by atoms with Crippen LogP contribution < -0.4 is 4.74 Å². The normalized spacial score (nSPS) is 20.8. The lowest BCUT2D eigenvalue weighted by Crippen LogP contribution is -2.35. The van der Waals surface area contributed by atoms with Gasteiger partial charge in [-0.05, 0) is 50.3 Å². The van der Waals surface area contributed by atoms with Gasteiger partial charge < -0.3 is 14.7 Å². The van der Waals surface area contributed by atoms with Crippen molar-refractivity contribution >= 4 is 11.9 Å². The summed E-state index contributed by atoms with van der Waals surface area (Å²) in [5, 5.41) is 9.02. The van der Waals surface area contributed by atoms with E-state index in [9.17, 15) is 9.59 Å². The third kappa shape index (κ3) is 4.71. The van der Waals surface area contributed by atoms with Gasteiger partial charge >= 0.3 is 5.97 Å². The maximum Gasteiger partial charge on any atom is 0.306 e. The number of carbonyl (C=O) groups is 2. The maximum atomic E-state index is 12.5. The molecule has 2 rings (SSSR count). The lowest BCUT2D eigenvalue weighted by molar-refractivity contribution is -0.145. The van der Waals surface area contributed by atoms with Crippen LogP contribution in [0.3, 0.4) is 0 Å². The highest BCUT2D eigenvalue weighted by molar-refractivity contribution is 5.79. The SMILES string of the molecule is CCOc1ccc(CN(C)C(=O)C2CCC(C(=O)O)CC2)cc1. The van der Waals surface area contributed by atoms with Gasteiger partial charge in [0.15, 0.2) is 0 Å². The van der Waals surface area contributed by atoms with Crippen molar-refractivity contribution in [3.05, 3.63) is 29.8 Å². The molecule has 0 bridgehead atoms. The monoisotopic (exact) mass is 319 g/mol. The lowest BCUT2D eigenvalue weighted by Gasteiger charge is -2.29. The first kappa shape index (κ1) is 17.3. The molecule has 1 fully saturated rings. The number of benzene rings is 1. The molecular formula is C18H25NO4. The molecule has 1 saturated carbocycles. The van der Waals surface area contributed by atoms with Crippen LogP contribution in [0.2, 0.25) is 0 Å². The lowest BCUT2D eigenvalue weighted by atomic mass is 9.81. The van der Waals surface area contributed by atoms with Gasteiger partial charge in [-0.15, -0.1) is 0 Å². The summed E-state index contributed by atoms with van der Waals surface area (Å²) in [6.07, 6.45) is 2.54. The van der Waals surface area contributed by atoms with Gasteiger partial charge in [0.25, 0.3) is 0 Å². The zero-order valence-corrected chi connectivity index (χ0v) is 13.8. The molecule has 1 aromatic carbocycles. The number of rotatable bonds is 6. The predicted octanol–water partition coefficient (Wildman–Crippen LogP) is 2.93. The second-order valence-electron chi connectivity index (χ2n) is 6.16. The second-order valence-corrected chi connectivity index (χ2v) is 6.16. The molecule has 5 nitrogen and oxygen atoms in total. The third-order valence-electron chi connectivity index (χ3n) is 4.46. The van der Waals surface area contributed by atoms with E-state index in [1.165, 1.54) is 0 Å². The van der Waals surface area contributed by atoms with Gasteiger partial charge in [0, 0.05) is 19.5 Å². The number of carbonyl (C=O) groups excluding carboxylic acids is 1. The second kappa shape index (κ2) is 7.99. The van der Waals surface area contributed by atoms with E-state index in [2.05, 4.69) is 0 Å². The summed E-state index contributed by atoms with van der Waals surface area (Å²) < 4.78 is 5.41. The van der Waals surface area contributed by atoms with Gasteiger partial charge in [0.2, 0.25) is 5.91 Å². The summed E-state index contributed by atoms with van der Waals surface area (Å²) in [7, 11) is 1.81. The van der Waals surface area contributed by atoms with Crippen LogP contribution in [-0.4, -0.2) is 35.5 Å². The summed E-state index contributed by atoms with van der Waals surface area (Å²) >= 11 is 0. The molecule has 0 atom stereocenters. The highest BCUT2D eigenvalue weighted by Crippen LogP contribution is 2.30. The van der Waals surface area contributed by atoms with Crippen LogP contribution in [0.4, 0.5) is 0 Å². The zero-order chi connectivity index (χ0) is 16.8. The number of amides is 1. The zero-order valence-electron chi connectivity index (χ0n) is 13.8. The van der Waals surface area contributed by atoms with Crippen molar-refractivity contribution in [1.82, 2.24) is 4.90 Å². The van der Waals surface area contributed by atoms with E-state index in [4.69, 9.17) is 9.84 Å². The van der Waals surface area contributed by atoms with E-state index >= 15 is 0 Å². The summed E-state index contributed by atoms with van der Waals surface area (Å²) in [5.41, 5.74) is 1.06. The van der Waals surface area contributed by atoms with E-state index in [0.717, 1.165) is 11.3 Å². The maximum absolute atomic E-state index is 12.5. The molecule has 5 heteroatoms. The van der Waals surface area contributed by atoms with Gasteiger partial charge in [-0.25, -0.2) is 0 Å². The minimum Gasteiger partial charge on any atom is -0.494 e. The molecule has 0 unspecified atom stereocenters. The largest absolute Gasteiger partial charge is 0.494 e. The number of carboxylic acid groups (broad SMARTS) is 1. The van der Waals surface area contributed by atoms with Crippen molar-refractivity contribution in [3.63, 3.8) is 0 Å². The Kier molecular flexibility index (Phi) is 6.02. The van der Waals surface area contributed by atoms with Gasteiger partial charge in [0.1, 0.15) is 5.75 Å². The van der Waals surface area contributed by atoms with Gasteiger partial charge in [-0.2, -0.15) is 0 Å². The highest BCUT2D eigenvalue weighted by Gasteiger charge is 2.31. The Hall–Kier alpha value is -2.04. The fourth-order valence-corrected chi connectivity index (χ4v) is 3.11. The van der Waals surface area contributed by atoms with E-state index in [1.54, 1.807) is 4.90 Å². The Bertz CT molecular complexity index is 532. The van der Waals surface area contributed by atoms with Gasteiger partial charge in [-0.3, -0.25) is 9.59 Å². The van der Waals surface area contributed by atoms with Crippen molar-refractivity contribution in [2.24, 2.45) is 11.8 Å². The molecule has 0 aliphatic heterocycles. The van der Waals surface area contributed by atoms with Crippen LogP contribution in [-0.2, 0) is 16.1 Å². The van der Waals surface area contributed by atoms with E-state index in [0.29, 0.717) is 38.8 Å². The third-order valence-corrected chi connectivity index (χ3v) is 4.46. The van der Waals surface area contributed by atoms with E-state index in [-0.39, 0.29) is 17.7 Å². The molecule has 0 heterocycles. The minimum absolute atomic E-state index is 0.0432.